The van der Waals surface area contributed by atoms with Crippen molar-refractivity contribution in [3.63, 3.8) is 0 Å². The van der Waals surface area contributed by atoms with Crippen molar-refractivity contribution in [3.05, 3.63) is 47.2 Å². The van der Waals surface area contributed by atoms with Crippen molar-refractivity contribution in [3.8, 4) is 16.9 Å². The van der Waals surface area contributed by atoms with Gasteiger partial charge in [0.2, 0.25) is 5.91 Å². The van der Waals surface area contributed by atoms with Crippen molar-refractivity contribution in [1.82, 2.24) is 15.2 Å². The summed E-state index contributed by atoms with van der Waals surface area (Å²) in [7, 11) is 3.48. The average molecular weight is 372 g/mol. The number of hydrogen-bond acceptors (Lipinski definition) is 4. The molecule has 26 heavy (non-hydrogen) atoms. The fourth-order valence-corrected chi connectivity index (χ4v) is 4.40. The van der Waals surface area contributed by atoms with Crippen LogP contribution >= 0.6 is 11.6 Å². The van der Waals surface area contributed by atoms with Gasteiger partial charge in [0.05, 0.1) is 23.9 Å². The Labute approximate surface area is 158 Å². The lowest BCUT2D eigenvalue weighted by molar-refractivity contribution is -0.131. The molecular formula is C20H22ClN3O2. The molecule has 2 aliphatic rings. The van der Waals surface area contributed by atoms with Crippen LogP contribution in [0.2, 0.25) is 5.02 Å². The molecular weight excluding hydrogens is 350 g/mol. The summed E-state index contributed by atoms with van der Waals surface area (Å²) in [5.74, 6) is 0.854. The first-order valence-corrected chi connectivity index (χ1v) is 9.24. The molecule has 0 bridgehead atoms. The van der Waals surface area contributed by atoms with E-state index in [0.29, 0.717) is 10.8 Å². The molecule has 0 unspecified atom stereocenters. The summed E-state index contributed by atoms with van der Waals surface area (Å²) < 4.78 is 5.32. The molecule has 136 valence electrons. The number of amides is 1. The first kappa shape index (κ1) is 17.3. The second kappa shape index (κ2) is 6.56. The smallest absolute Gasteiger partial charge is 0.242 e. The zero-order valence-electron chi connectivity index (χ0n) is 15.0. The molecule has 2 aliphatic heterocycles. The Morgan fingerprint density at radius 1 is 1.35 bits per heavy atom. The number of likely N-dealkylation sites (tertiary alicyclic amines) is 1. The summed E-state index contributed by atoms with van der Waals surface area (Å²) in [6.45, 7) is 0.811. The molecule has 2 saturated heterocycles. The third-order valence-electron chi connectivity index (χ3n) is 5.57. The minimum atomic E-state index is -0.412. The van der Waals surface area contributed by atoms with Crippen molar-refractivity contribution in [2.45, 2.75) is 30.8 Å². The number of aromatic nitrogens is 1. The van der Waals surface area contributed by atoms with Crippen molar-refractivity contribution < 1.29 is 9.53 Å². The molecule has 1 spiro atoms. The van der Waals surface area contributed by atoms with Gasteiger partial charge in [-0.15, -0.1) is 0 Å². The largest absolute Gasteiger partial charge is 0.495 e. The highest BCUT2D eigenvalue weighted by molar-refractivity contribution is 6.34. The first-order chi connectivity index (χ1) is 12.5. The first-order valence-electron chi connectivity index (χ1n) is 8.86. The predicted octanol–water partition coefficient (Wildman–Crippen LogP) is 3.44. The van der Waals surface area contributed by atoms with E-state index in [4.69, 9.17) is 16.3 Å². The summed E-state index contributed by atoms with van der Waals surface area (Å²) in [5, 5.41) is 4.16. The number of nitrogens with zero attached hydrogens (tertiary/aromatic N) is 2. The number of carbonyl (C=O) groups excluding carboxylic acids is 1. The number of rotatable bonds is 3. The van der Waals surface area contributed by atoms with Crippen LogP contribution in [0.5, 0.6) is 5.75 Å². The van der Waals surface area contributed by atoms with Gasteiger partial charge in [0.25, 0.3) is 0 Å². The topological polar surface area (TPSA) is 54.5 Å². The SMILES string of the molecule is COc1cccc(-c2ccnc([C@H]3CC[C@@]4(CCN(C)C4=O)N3)c2)c1Cl. The fraction of sp³-hybridized carbons (Fsp3) is 0.400. The molecule has 0 radical (unpaired) electrons. The van der Waals surface area contributed by atoms with Crippen LogP contribution in [-0.2, 0) is 4.79 Å². The fourth-order valence-electron chi connectivity index (χ4n) is 4.09. The molecule has 6 heteroatoms. The normalized spacial score (nSPS) is 25.3. The van der Waals surface area contributed by atoms with Crippen LogP contribution in [0.4, 0.5) is 0 Å². The van der Waals surface area contributed by atoms with Gasteiger partial charge in [0, 0.05) is 25.4 Å². The monoisotopic (exact) mass is 371 g/mol. The van der Waals surface area contributed by atoms with Gasteiger partial charge in [-0.25, -0.2) is 0 Å². The molecule has 1 N–H and O–H groups in total. The van der Waals surface area contributed by atoms with E-state index < -0.39 is 5.54 Å². The average Bonchev–Trinajstić information content (AvgIpc) is 3.22. The van der Waals surface area contributed by atoms with Crippen molar-refractivity contribution >= 4 is 17.5 Å². The van der Waals surface area contributed by atoms with E-state index in [9.17, 15) is 4.79 Å². The van der Waals surface area contributed by atoms with Gasteiger partial charge in [0.15, 0.2) is 0 Å². The van der Waals surface area contributed by atoms with Gasteiger partial charge in [-0.05, 0) is 43.0 Å². The minimum Gasteiger partial charge on any atom is -0.495 e. The molecule has 5 nitrogen and oxygen atoms in total. The lowest BCUT2D eigenvalue weighted by Crippen LogP contribution is -2.47. The lowest BCUT2D eigenvalue weighted by Gasteiger charge is -2.23. The number of hydrogen-bond donors (Lipinski definition) is 1. The number of likely N-dealkylation sites (N-methyl/N-ethyl adjacent to an activating group) is 1. The second-order valence-electron chi connectivity index (χ2n) is 7.09. The summed E-state index contributed by atoms with van der Waals surface area (Å²) in [6, 6.07) is 9.83. The van der Waals surface area contributed by atoms with E-state index >= 15 is 0 Å². The summed E-state index contributed by atoms with van der Waals surface area (Å²) in [5.41, 5.74) is 2.45. The molecule has 1 amide bonds. The maximum atomic E-state index is 12.5. The number of nitrogens with one attached hydrogen (secondary N) is 1. The molecule has 1 aromatic heterocycles. The molecule has 2 fully saturated rings. The third-order valence-corrected chi connectivity index (χ3v) is 5.96. The van der Waals surface area contributed by atoms with Crippen molar-refractivity contribution in [2.24, 2.45) is 0 Å². The Bertz CT molecular complexity index is 857. The quantitative estimate of drug-likeness (QED) is 0.898. The number of methoxy groups -OCH3 is 1. The highest BCUT2D eigenvalue weighted by Gasteiger charge is 2.50. The molecule has 1 aromatic carbocycles. The summed E-state index contributed by atoms with van der Waals surface area (Å²) in [6.07, 6.45) is 4.42. The van der Waals surface area contributed by atoms with Crippen LogP contribution in [0, 0.1) is 0 Å². The van der Waals surface area contributed by atoms with Gasteiger partial charge >= 0.3 is 0 Å². The summed E-state index contributed by atoms with van der Waals surface area (Å²) in [4.78, 5) is 18.9. The van der Waals surface area contributed by atoms with E-state index in [-0.39, 0.29) is 11.9 Å². The van der Waals surface area contributed by atoms with E-state index in [1.54, 1.807) is 13.3 Å². The van der Waals surface area contributed by atoms with Gasteiger partial charge in [-0.2, -0.15) is 0 Å². The lowest BCUT2D eigenvalue weighted by atomic mass is 9.96. The predicted molar refractivity (Wildman–Crippen MR) is 101 cm³/mol. The van der Waals surface area contributed by atoms with E-state index in [0.717, 1.165) is 42.6 Å². The van der Waals surface area contributed by atoms with E-state index in [1.165, 1.54) is 0 Å². The molecule has 2 atom stereocenters. The molecule has 0 aliphatic carbocycles. The summed E-state index contributed by atoms with van der Waals surface area (Å²) >= 11 is 6.48. The Hall–Kier alpha value is -2.11. The Kier molecular flexibility index (Phi) is 4.37. The van der Waals surface area contributed by atoms with Crippen LogP contribution in [-0.4, -0.2) is 42.0 Å². The van der Waals surface area contributed by atoms with Gasteiger partial charge in [0.1, 0.15) is 11.3 Å². The third kappa shape index (κ3) is 2.75. The maximum absolute atomic E-state index is 12.5. The number of pyridine rings is 1. The van der Waals surface area contributed by atoms with Crippen LogP contribution in [0.25, 0.3) is 11.1 Å². The molecule has 4 rings (SSSR count). The number of halogens is 1. The molecule has 2 aromatic rings. The highest BCUT2D eigenvalue weighted by Crippen LogP contribution is 2.40. The van der Waals surface area contributed by atoms with E-state index in [1.807, 2.05) is 36.2 Å². The molecule has 0 saturated carbocycles. The maximum Gasteiger partial charge on any atom is 0.242 e. The van der Waals surface area contributed by atoms with Gasteiger partial charge in [-0.3, -0.25) is 15.1 Å². The number of carbonyl (C=O) groups is 1. The van der Waals surface area contributed by atoms with Crippen LogP contribution < -0.4 is 10.1 Å². The van der Waals surface area contributed by atoms with Crippen LogP contribution in [0.3, 0.4) is 0 Å². The number of ether oxygens (including phenoxy) is 1. The number of benzene rings is 1. The van der Waals surface area contributed by atoms with Crippen molar-refractivity contribution in [2.75, 3.05) is 20.7 Å². The van der Waals surface area contributed by atoms with Crippen LogP contribution in [0.15, 0.2) is 36.5 Å². The van der Waals surface area contributed by atoms with Gasteiger partial charge < -0.3 is 9.64 Å². The Morgan fingerprint density at radius 3 is 2.92 bits per heavy atom. The zero-order chi connectivity index (χ0) is 18.3. The standard InChI is InChI=1S/C20H22ClN3O2/c1-24-11-9-20(19(24)25)8-6-15(23-20)16-12-13(7-10-22-16)14-4-3-5-17(26-2)18(14)21/h3-5,7,10,12,15,23H,6,8-9,11H2,1-2H3/t15-,20+/m1/s1. The minimum absolute atomic E-state index is 0.0785. The van der Waals surface area contributed by atoms with E-state index in [2.05, 4.69) is 16.4 Å². The molecule has 3 heterocycles. The van der Waals surface area contributed by atoms with Gasteiger partial charge in [-0.1, -0.05) is 23.7 Å². The Balaban J connectivity index is 1.63. The van der Waals surface area contributed by atoms with Crippen LogP contribution in [0.1, 0.15) is 31.0 Å². The highest BCUT2D eigenvalue weighted by atomic mass is 35.5. The zero-order valence-corrected chi connectivity index (χ0v) is 15.7. The van der Waals surface area contributed by atoms with Crippen molar-refractivity contribution in [1.29, 1.82) is 0 Å². The Morgan fingerprint density at radius 2 is 2.19 bits per heavy atom. The second-order valence-corrected chi connectivity index (χ2v) is 7.46.